The number of ether oxygens (including phenoxy) is 2. The van der Waals surface area contributed by atoms with E-state index in [0.29, 0.717) is 24.7 Å². The highest BCUT2D eigenvalue weighted by atomic mass is 19.4. The molecule has 0 unspecified atom stereocenters. The third kappa shape index (κ3) is 4.23. The number of anilines is 2. The minimum absolute atomic E-state index is 0.0151. The summed E-state index contributed by atoms with van der Waals surface area (Å²) in [5.74, 6) is 0.483. The van der Waals surface area contributed by atoms with E-state index in [0.717, 1.165) is 19.0 Å². The van der Waals surface area contributed by atoms with Crippen LogP contribution in [0.1, 0.15) is 24.4 Å². The number of hydrogen-bond donors (Lipinski definition) is 1. The molecule has 0 bridgehead atoms. The van der Waals surface area contributed by atoms with Crippen LogP contribution >= 0.6 is 0 Å². The van der Waals surface area contributed by atoms with Crippen LogP contribution in [0.15, 0.2) is 36.8 Å². The zero-order valence-electron chi connectivity index (χ0n) is 16.1. The smallest absolute Gasteiger partial charge is 0.419 e. The van der Waals surface area contributed by atoms with Crippen molar-refractivity contribution in [2.24, 2.45) is 0 Å². The van der Waals surface area contributed by atoms with Crippen molar-refractivity contribution in [1.82, 2.24) is 19.7 Å². The van der Waals surface area contributed by atoms with E-state index in [9.17, 15) is 13.2 Å². The van der Waals surface area contributed by atoms with E-state index in [1.165, 1.54) is 13.3 Å². The first-order valence-corrected chi connectivity index (χ1v) is 9.33. The highest BCUT2D eigenvalue weighted by Gasteiger charge is 2.36. The van der Waals surface area contributed by atoms with Gasteiger partial charge in [-0.05, 0) is 31.0 Å². The van der Waals surface area contributed by atoms with Gasteiger partial charge in [-0.15, -0.1) is 0 Å². The van der Waals surface area contributed by atoms with Crippen molar-refractivity contribution in [2.75, 3.05) is 25.6 Å². The van der Waals surface area contributed by atoms with Crippen molar-refractivity contribution in [3.05, 3.63) is 48.4 Å². The highest BCUT2D eigenvalue weighted by molar-refractivity contribution is 5.67. The van der Waals surface area contributed by atoms with Crippen LogP contribution in [0.5, 0.6) is 5.75 Å². The lowest BCUT2D eigenvalue weighted by Gasteiger charge is -2.22. The number of hydrogen-bond acceptors (Lipinski definition) is 6. The number of halogens is 3. The molecular weight excluding hydrogens is 399 g/mol. The van der Waals surface area contributed by atoms with Gasteiger partial charge in [-0.3, -0.25) is 4.68 Å². The second-order valence-electron chi connectivity index (χ2n) is 6.76. The first-order chi connectivity index (χ1) is 14.5. The lowest BCUT2D eigenvalue weighted by Crippen LogP contribution is -2.19. The van der Waals surface area contributed by atoms with E-state index < -0.39 is 11.7 Å². The Kier molecular flexibility index (Phi) is 5.58. The Morgan fingerprint density at radius 1 is 1.27 bits per heavy atom. The maximum atomic E-state index is 13.6. The third-order valence-corrected chi connectivity index (χ3v) is 4.83. The van der Waals surface area contributed by atoms with Gasteiger partial charge in [-0.1, -0.05) is 6.07 Å². The minimum Gasteiger partial charge on any atom is -0.495 e. The summed E-state index contributed by atoms with van der Waals surface area (Å²) >= 11 is 0. The zero-order chi connectivity index (χ0) is 21.1. The number of methoxy groups -OCH3 is 1. The fourth-order valence-corrected chi connectivity index (χ4v) is 3.29. The summed E-state index contributed by atoms with van der Waals surface area (Å²) in [6, 6.07) is 7.87. The van der Waals surface area contributed by atoms with Crippen molar-refractivity contribution < 1.29 is 22.6 Å². The molecule has 0 amide bonds. The Hall–Kier alpha value is -3.14. The lowest BCUT2D eigenvalue weighted by atomic mass is 10.1. The predicted molar refractivity (Wildman–Crippen MR) is 102 cm³/mol. The molecule has 4 rings (SSSR count). The van der Waals surface area contributed by atoms with E-state index in [4.69, 9.17) is 9.47 Å². The fourth-order valence-electron chi connectivity index (χ4n) is 3.29. The maximum absolute atomic E-state index is 13.6. The maximum Gasteiger partial charge on any atom is 0.419 e. The van der Waals surface area contributed by atoms with Crippen LogP contribution in [0.25, 0.3) is 11.3 Å². The Labute approximate surface area is 170 Å². The molecule has 1 saturated heterocycles. The first kappa shape index (κ1) is 20.1. The molecule has 1 N–H and O–H groups in total. The summed E-state index contributed by atoms with van der Waals surface area (Å²) in [5.41, 5.74) is -0.375. The van der Waals surface area contributed by atoms with Gasteiger partial charge in [0.25, 0.3) is 0 Å². The standard InChI is InChI=1S/C20H19F3N5O2/c1-29-17-5-3-2-4-16(17)26-19-24-11-15(20(21,22)23)18(27-19)13-10-25-28(12-13)14-6-8-30-9-7-14/h2,4-5,10-12,14H,6-9H2,1H3,(H,24,26,27). The molecule has 157 valence electrons. The Bertz CT molecular complexity index is 1020. The molecule has 1 fully saturated rings. The number of alkyl halides is 3. The topological polar surface area (TPSA) is 74.1 Å². The van der Waals surface area contributed by atoms with Gasteiger partial charge < -0.3 is 14.8 Å². The summed E-state index contributed by atoms with van der Waals surface area (Å²) in [5, 5.41) is 7.17. The number of nitrogens with one attached hydrogen (secondary N) is 1. The first-order valence-electron chi connectivity index (χ1n) is 9.33. The fraction of sp³-hybridized carbons (Fsp3) is 0.350. The number of nitrogens with zero attached hydrogens (tertiary/aromatic N) is 4. The minimum atomic E-state index is -4.60. The van der Waals surface area contributed by atoms with Crippen LogP contribution in [0.4, 0.5) is 24.8 Å². The molecule has 3 aromatic rings. The summed E-state index contributed by atoms with van der Waals surface area (Å²) < 4.78 is 53.1. The molecule has 0 spiro atoms. The second kappa shape index (κ2) is 8.31. The second-order valence-corrected chi connectivity index (χ2v) is 6.76. The summed E-state index contributed by atoms with van der Waals surface area (Å²) in [6.07, 6.45) is 0.680. The van der Waals surface area contributed by atoms with Gasteiger partial charge in [0, 0.05) is 31.2 Å². The van der Waals surface area contributed by atoms with E-state index in [-0.39, 0.29) is 23.2 Å². The molecule has 0 saturated carbocycles. The van der Waals surface area contributed by atoms with Crippen LogP contribution in [0, 0.1) is 6.07 Å². The van der Waals surface area contributed by atoms with Gasteiger partial charge in [-0.2, -0.15) is 18.3 Å². The monoisotopic (exact) mass is 418 g/mol. The molecule has 1 aromatic carbocycles. The van der Waals surface area contributed by atoms with E-state index in [1.54, 1.807) is 29.1 Å². The average Bonchev–Trinajstić information content (AvgIpc) is 3.24. The van der Waals surface area contributed by atoms with Gasteiger partial charge in [0.1, 0.15) is 11.3 Å². The van der Waals surface area contributed by atoms with Crippen LogP contribution in [0.3, 0.4) is 0 Å². The third-order valence-electron chi connectivity index (χ3n) is 4.83. The van der Waals surface area contributed by atoms with Crippen molar-refractivity contribution in [2.45, 2.75) is 25.1 Å². The molecular formula is C20H19F3N5O2. The van der Waals surface area contributed by atoms with Crippen LogP contribution in [0.2, 0.25) is 0 Å². The number of rotatable bonds is 5. The molecule has 3 heterocycles. The molecule has 0 atom stereocenters. The molecule has 1 radical (unpaired) electrons. The Morgan fingerprint density at radius 2 is 2.07 bits per heavy atom. The summed E-state index contributed by atoms with van der Waals surface area (Å²) in [6.45, 7) is 1.21. The van der Waals surface area contributed by atoms with Gasteiger partial charge >= 0.3 is 6.18 Å². The van der Waals surface area contributed by atoms with Crippen molar-refractivity contribution in [3.63, 3.8) is 0 Å². The lowest BCUT2D eigenvalue weighted by molar-refractivity contribution is -0.137. The van der Waals surface area contributed by atoms with Gasteiger partial charge in [0.15, 0.2) is 0 Å². The molecule has 0 aliphatic carbocycles. The summed E-state index contributed by atoms with van der Waals surface area (Å²) in [7, 11) is 1.48. The largest absolute Gasteiger partial charge is 0.495 e. The molecule has 2 aromatic heterocycles. The molecule has 1 aliphatic heterocycles. The van der Waals surface area contributed by atoms with Crippen LogP contribution in [-0.4, -0.2) is 40.1 Å². The summed E-state index contributed by atoms with van der Waals surface area (Å²) in [4.78, 5) is 8.00. The Balaban J connectivity index is 1.70. The average molecular weight is 418 g/mol. The van der Waals surface area contributed by atoms with Gasteiger partial charge in [0.2, 0.25) is 5.95 Å². The molecule has 10 heteroatoms. The van der Waals surface area contributed by atoms with E-state index in [1.807, 2.05) is 0 Å². The number of aromatic nitrogens is 4. The van der Waals surface area contributed by atoms with E-state index in [2.05, 4.69) is 26.4 Å². The predicted octanol–water partition coefficient (Wildman–Crippen LogP) is 4.26. The highest BCUT2D eigenvalue weighted by Crippen LogP contribution is 2.37. The van der Waals surface area contributed by atoms with Crippen molar-refractivity contribution in [1.29, 1.82) is 0 Å². The van der Waals surface area contributed by atoms with E-state index >= 15 is 0 Å². The Morgan fingerprint density at radius 3 is 2.80 bits per heavy atom. The zero-order valence-corrected chi connectivity index (χ0v) is 16.1. The number of benzene rings is 1. The quantitative estimate of drug-likeness (QED) is 0.667. The normalized spacial score (nSPS) is 15.2. The van der Waals surface area contributed by atoms with Gasteiger partial charge in [0.05, 0.1) is 30.7 Å². The van der Waals surface area contributed by atoms with Crippen LogP contribution < -0.4 is 10.1 Å². The van der Waals surface area contributed by atoms with Gasteiger partial charge in [-0.25, -0.2) is 9.97 Å². The van der Waals surface area contributed by atoms with Crippen molar-refractivity contribution >= 4 is 11.6 Å². The molecule has 30 heavy (non-hydrogen) atoms. The SMILES string of the molecule is COc1c[c]ccc1Nc1ncc(C(F)(F)F)c(-c2cnn(C3CCOCC3)c2)n1. The molecule has 7 nitrogen and oxygen atoms in total. The molecule has 1 aliphatic rings. The van der Waals surface area contributed by atoms with Crippen molar-refractivity contribution in [3.8, 4) is 17.0 Å². The van der Waals surface area contributed by atoms with Crippen LogP contribution in [-0.2, 0) is 10.9 Å².